The zero-order chi connectivity index (χ0) is 20.1. The van der Waals surface area contributed by atoms with Crippen LogP contribution in [0.4, 0.5) is 17.2 Å². The van der Waals surface area contributed by atoms with Crippen LogP contribution in [-0.4, -0.2) is 42.1 Å². The number of carbonyl (C=O) groups excluding carboxylic acids is 1. The molecule has 29 heavy (non-hydrogen) atoms. The highest BCUT2D eigenvalue weighted by Gasteiger charge is 2.18. The van der Waals surface area contributed by atoms with E-state index < -0.39 is 0 Å². The zero-order valence-corrected chi connectivity index (χ0v) is 15.8. The molecule has 0 spiro atoms. The van der Waals surface area contributed by atoms with E-state index in [1.54, 1.807) is 36.8 Å². The topological polar surface area (TPSA) is 85.2 Å². The summed E-state index contributed by atoms with van der Waals surface area (Å²) >= 11 is 0. The predicted molar refractivity (Wildman–Crippen MR) is 112 cm³/mol. The average molecular weight is 384 g/mol. The van der Waals surface area contributed by atoms with E-state index in [2.05, 4.69) is 31.2 Å². The number of hydrogen-bond donors (Lipinski definition) is 1. The van der Waals surface area contributed by atoms with Crippen LogP contribution in [0.5, 0.6) is 0 Å². The highest BCUT2D eigenvalue weighted by atomic mass is 16.1. The van der Waals surface area contributed by atoms with E-state index >= 15 is 0 Å². The number of amides is 1. The number of carbonyl (C=O) groups is 1. The summed E-state index contributed by atoms with van der Waals surface area (Å²) in [4.78, 5) is 25.1. The Morgan fingerprint density at radius 1 is 0.931 bits per heavy atom. The van der Waals surface area contributed by atoms with Gasteiger partial charge in [0.15, 0.2) is 0 Å². The fourth-order valence-electron chi connectivity index (χ4n) is 3.30. The molecule has 3 aromatic rings. The van der Waals surface area contributed by atoms with Crippen molar-refractivity contribution in [3.05, 3.63) is 78.2 Å². The zero-order valence-electron chi connectivity index (χ0n) is 15.8. The van der Waals surface area contributed by atoms with Gasteiger partial charge in [0, 0.05) is 61.7 Å². The Morgan fingerprint density at radius 2 is 1.62 bits per heavy atom. The molecule has 0 aliphatic carbocycles. The summed E-state index contributed by atoms with van der Waals surface area (Å²) in [6.45, 7) is 3.48. The minimum absolute atomic E-state index is 0.149. The number of pyridine rings is 2. The molecule has 2 aromatic heterocycles. The first kappa shape index (κ1) is 18.4. The molecule has 7 nitrogen and oxygen atoms in total. The van der Waals surface area contributed by atoms with Gasteiger partial charge in [0.05, 0.1) is 5.56 Å². The molecule has 1 aromatic carbocycles. The van der Waals surface area contributed by atoms with Gasteiger partial charge in [-0.3, -0.25) is 9.78 Å². The van der Waals surface area contributed by atoms with E-state index in [-0.39, 0.29) is 5.91 Å². The minimum atomic E-state index is -0.149. The highest BCUT2D eigenvalue weighted by molar-refractivity contribution is 6.04. The average Bonchev–Trinajstić information content (AvgIpc) is 2.80. The predicted octanol–water partition coefficient (Wildman–Crippen LogP) is 2.93. The maximum Gasteiger partial charge on any atom is 0.255 e. The molecule has 0 unspecified atom stereocenters. The van der Waals surface area contributed by atoms with Crippen molar-refractivity contribution in [2.45, 2.75) is 0 Å². The van der Waals surface area contributed by atoms with Gasteiger partial charge in [-0.2, -0.15) is 5.26 Å². The number of anilines is 3. The fraction of sp³-hybridized carbons (Fsp3) is 0.182. The van der Waals surface area contributed by atoms with Crippen LogP contribution in [0.25, 0.3) is 0 Å². The largest absolute Gasteiger partial charge is 0.368 e. The summed E-state index contributed by atoms with van der Waals surface area (Å²) in [7, 11) is 0. The van der Waals surface area contributed by atoms with Crippen LogP contribution in [0.3, 0.4) is 0 Å². The van der Waals surface area contributed by atoms with Crippen molar-refractivity contribution in [3.8, 4) is 6.07 Å². The van der Waals surface area contributed by atoms with Crippen molar-refractivity contribution >= 4 is 23.1 Å². The van der Waals surface area contributed by atoms with Crippen molar-refractivity contribution in [2.24, 2.45) is 0 Å². The Hall–Kier alpha value is -3.92. The van der Waals surface area contributed by atoms with Gasteiger partial charge in [-0.05, 0) is 48.5 Å². The number of benzene rings is 1. The number of piperazine rings is 1. The molecule has 1 saturated heterocycles. The third-order valence-electron chi connectivity index (χ3n) is 4.91. The van der Waals surface area contributed by atoms with Gasteiger partial charge in [0.2, 0.25) is 0 Å². The molecule has 7 heteroatoms. The molecular weight excluding hydrogens is 364 g/mol. The number of aromatic nitrogens is 2. The van der Waals surface area contributed by atoms with Crippen LogP contribution >= 0.6 is 0 Å². The summed E-state index contributed by atoms with van der Waals surface area (Å²) in [5.41, 5.74) is 3.04. The molecule has 0 radical (unpaired) electrons. The van der Waals surface area contributed by atoms with Gasteiger partial charge in [-0.25, -0.2) is 4.98 Å². The van der Waals surface area contributed by atoms with Gasteiger partial charge in [-0.1, -0.05) is 0 Å². The molecule has 1 N–H and O–H groups in total. The first-order valence-electron chi connectivity index (χ1n) is 9.40. The first-order chi connectivity index (χ1) is 14.2. The highest BCUT2D eigenvalue weighted by Crippen LogP contribution is 2.21. The Labute approximate surface area is 169 Å². The number of nitrogens with zero attached hydrogens (tertiary/aromatic N) is 5. The lowest BCUT2D eigenvalue weighted by Crippen LogP contribution is -2.46. The lowest BCUT2D eigenvalue weighted by Gasteiger charge is -2.36. The van der Waals surface area contributed by atoms with Crippen LogP contribution in [0.1, 0.15) is 15.9 Å². The van der Waals surface area contributed by atoms with E-state index in [9.17, 15) is 4.79 Å². The van der Waals surface area contributed by atoms with Crippen LogP contribution in [-0.2, 0) is 0 Å². The second-order valence-electron chi connectivity index (χ2n) is 6.73. The molecule has 1 amide bonds. The molecule has 0 atom stereocenters. The van der Waals surface area contributed by atoms with Crippen LogP contribution < -0.4 is 15.1 Å². The molecule has 1 aliphatic rings. The van der Waals surface area contributed by atoms with E-state index in [0.717, 1.165) is 43.4 Å². The molecule has 4 rings (SSSR count). The van der Waals surface area contributed by atoms with E-state index in [0.29, 0.717) is 11.1 Å². The SMILES string of the molecule is N#Cc1ccc(N2CCN(c3ccc(NC(=O)c4ccncc4)cc3)CC2)nc1. The van der Waals surface area contributed by atoms with E-state index in [1.807, 2.05) is 30.3 Å². The first-order valence-corrected chi connectivity index (χ1v) is 9.40. The van der Waals surface area contributed by atoms with Crippen molar-refractivity contribution in [3.63, 3.8) is 0 Å². The monoisotopic (exact) mass is 384 g/mol. The quantitative estimate of drug-likeness (QED) is 0.744. The lowest BCUT2D eigenvalue weighted by atomic mass is 10.2. The van der Waals surface area contributed by atoms with Crippen molar-refractivity contribution in [2.75, 3.05) is 41.3 Å². The van der Waals surface area contributed by atoms with E-state index in [4.69, 9.17) is 5.26 Å². The maximum absolute atomic E-state index is 12.2. The van der Waals surface area contributed by atoms with Crippen molar-refractivity contribution in [1.82, 2.24) is 9.97 Å². The lowest BCUT2D eigenvalue weighted by molar-refractivity contribution is 0.102. The van der Waals surface area contributed by atoms with Crippen LogP contribution in [0, 0.1) is 11.3 Å². The second-order valence-corrected chi connectivity index (χ2v) is 6.73. The molecule has 0 bridgehead atoms. The third kappa shape index (κ3) is 4.33. The summed E-state index contributed by atoms with van der Waals surface area (Å²) in [6, 6.07) is 17.1. The van der Waals surface area contributed by atoms with Gasteiger partial charge in [0.1, 0.15) is 11.9 Å². The van der Waals surface area contributed by atoms with Crippen molar-refractivity contribution in [1.29, 1.82) is 5.26 Å². The molecule has 1 fully saturated rings. The summed E-state index contributed by atoms with van der Waals surface area (Å²) in [5, 5.41) is 11.8. The minimum Gasteiger partial charge on any atom is -0.368 e. The standard InChI is InChI=1S/C22H20N6O/c23-15-17-1-6-21(25-16-17)28-13-11-27(12-14-28)20-4-2-19(3-5-20)26-22(29)18-7-9-24-10-8-18/h1-10,16H,11-14H2,(H,26,29). The van der Waals surface area contributed by atoms with Gasteiger partial charge >= 0.3 is 0 Å². The smallest absolute Gasteiger partial charge is 0.255 e. The van der Waals surface area contributed by atoms with Gasteiger partial charge in [0.25, 0.3) is 5.91 Å². The fourth-order valence-corrected chi connectivity index (χ4v) is 3.30. The van der Waals surface area contributed by atoms with Crippen LogP contribution in [0.2, 0.25) is 0 Å². The Bertz CT molecular complexity index is 1000. The summed E-state index contributed by atoms with van der Waals surface area (Å²) < 4.78 is 0. The number of nitriles is 1. The normalized spacial score (nSPS) is 13.6. The third-order valence-corrected chi connectivity index (χ3v) is 4.91. The summed E-state index contributed by atoms with van der Waals surface area (Å²) in [6.07, 6.45) is 4.82. The van der Waals surface area contributed by atoms with Gasteiger partial charge in [-0.15, -0.1) is 0 Å². The second kappa shape index (κ2) is 8.40. The van der Waals surface area contributed by atoms with Crippen molar-refractivity contribution < 1.29 is 4.79 Å². The number of hydrogen-bond acceptors (Lipinski definition) is 6. The Morgan fingerprint density at radius 3 is 2.24 bits per heavy atom. The Kier molecular flexibility index (Phi) is 5.34. The molecule has 0 saturated carbocycles. The van der Waals surface area contributed by atoms with E-state index in [1.165, 1.54) is 0 Å². The molecule has 3 heterocycles. The molecule has 1 aliphatic heterocycles. The molecular formula is C22H20N6O. The summed E-state index contributed by atoms with van der Waals surface area (Å²) in [5.74, 6) is 0.751. The number of nitrogens with one attached hydrogen (secondary N) is 1. The maximum atomic E-state index is 12.2. The molecule has 144 valence electrons. The van der Waals surface area contributed by atoms with Crippen LogP contribution in [0.15, 0.2) is 67.1 Å². The Balaban J connectivity index is 1.34. The number of rotatable bonds is 4. The van der Waals surface area contributed by atoms with Gasteiger partial charge < -0.3 is 15.1 Å².